The maximum Gasteiger partial charge on any atom is 0.330 e. The van der Waals surface area contributed by atoms with Gasteiger partial charge in [0, 0.05) is 6.08 Å². The quantitative estimate of drug-likeness (QED) is 0.521. The highest BCUT2D eigenvalue weighted by Gasteiger charge is 2.21. The molecular weight excluding hydrogens is 168 g/mol. The summed E-state index contributed by atoms with van der Waals surface area (Å²) >= 11 is 0. The predicted molar refractivity (Wildman–Crippen MR) is 49.2 cm³/mol. The Morgan fingerprint density at radius 1 is 1.38 bits per heavy atom. The Balaban J connectivity index is 2.26. The van der Waals surface area contributed by atoms with Gasteiger partial charge in [0.1, 0.15) is 6.10 Å². The van der Waals surface area contributed by atoms with Crippen LogP contribution in [0.2, 0.25) is 0 Å². The van der Waals surface area contributed by atoms with Crippen molar-refractivity contribution in [2.45, 2.75) is 44.8 Å². The fourth-order valence-corrected chi connectivity index (χ4v) is 1.50. The number of hydrogen-bond donors (Lipinski definition) is 1. The molecule has 0 unspecified atom stereocenters. The molecule has 13 heavy (non-hydrogen) atoms. The van der Waals surface area contributed by atoms with Crippen LogP contribution >= 0.6 is 0 Å². The van der Waals surface area contributed by atoms with Crippen LogP contribution in [0.25, 0.3) is 0 Å². The van der Waals surface area contributed by atoms with Crippen LogP contribution in [0.15, 0.2) is 12.2 Å². The minimum absolute atomic E-state index is 0.00657. The van der Waals surface area contributed by atoms with E-state index in [1.54, 1.807) is 13.0 Å². The van der Waals surface area contributed by atoms with E-state index in [9.17, 15) is 9.90 Å². The van der Waals surface area contributed by atoms with E-state index in [4.69, 9.17) is 4.74 Å². The van der Waals surface area contributed by atoms with Gasteiger partial charge >= 0.3 is 5.97 Å². The van der Waals surface area contributed by atoms with Gasteiger partial charge in [-0.05, 0) is 32.6 Å². The second kappa shape index (κ2) is 5.02. The van der Waals surface area contributed by atoms with Gasteiger partial charge in [-0.3, -0.25) is 0 Å². The molecule has 0 radical (unpaired) electrons. The van der Waals surface area contributed by atoms with Crippen LogP contribution in [0.3, 0.4) is 0 Å². The SMILES string of the molecule is CC=CC(=O)OC1CCC(O)CC1. The molecule has 0 aromatic rings. The monoisotopic (exact) mass is 184 g/mol. The van der Waals surface area contributed by atoms with E-state index >= 15 is 0 Å². The average molecular weight is 184 g/mol. The van der Waals surface area contributed by atoms with Gasteiger partial charge in [-0.2, -0.15) is 0 Å². The van der Waals surface area contributed by atoms with Gasteiger partial charge in [-0.1, -0.05) is 6.08 Å². The van der Waals surface area contributed by atoms with Crippen LogP contribution in [-0.4, -0.2) is 23.3 Å². The number of esters is 1. The van der Waals surface area contributed by atoms with Gasteiger partial charge in [0.05, 0.1) is 6.10 Å². The van der Waals surface area contributed by atoms with Crippen molar-refractivity contribution in [2.24, 2.45) is 0 Å². The Bertz CT molecular complexity index is 190. The molecule has 3 heteroatoms. The summed E-state index contributed by atoms with van der Waals surface area (Å²) in [6.45, 7) is 1.78. The van der Waals surface area contributed by atoms with Crippen molar-refractivity contribution in [2.75, 3.05) is 0 Å². The van der Waals surface area contributed by atoms with Crippen LogP contribution in [0, 0.1) is 0 Å². The van der Waals surface area contributed by atoms with Crippen molar-refractivity contribution in [1.82, 2.24) is 0 Å². The number of carbonyl (C=O) groups is 1. The topological polar surface area (TPSA) is 46.5 Å². The molecule has 0 amide bonds. The molecule has 74 valence electrons. The van der Waals surface area contributed by atoms with Gasteiger partial charge in [0.15, 0.2) is 0 Å². The van der Waals surface area contributed by atoms with Crippen LogP contribution in [0.5, 0.6) is 0 Å². The zero-order chi connectivity index (χ0) is 9.68. The molecule has 0 aliphatic heterocycles. The average Bonchev–Trinajstić information content (AvgIpc) is 2.09. The Kier molecular flexibility index (Phi) is 3.96. The van der Waals surface area contributed by atoms with E-state index < -0.39 is 0 Å². The van der Waals surface area contributed by atoms with E-state index in [0.29, 0.717) is 0 Å². The Hall–Kier alpha value is -0.830. The van der Waals surface area contributed by atoms with Crippen LogP contribution in [0.1, 0.15) is 32.6 Å². The first-order chi connectivity index (χ1) is 6.22. The fraction of sp³-hybridized carbons (Fsp3) is 0.700. The summed E-state index contributed by atoms with van der Waals surface area (Å²) in [6, 6.07) is 0. The molecule has 0 saturated heterocycles. The number of hydrogen-bond acceptors (Lipinski definition) is 3. The van der Waals surface area contributed by atoms with Gasteiger partial charge in [-0.25, -0.2) is 4.79 Å². The van der Waals surface area contributed by atoms with Crippen molar-refractivity contribution in [3.8, 4) is 0 Å². The zero-order valence-corrected chi connectivity index (χ0v) is 7.90. The lowest BCUT2D eigenvalue weighted by Crippen LogP contribution is -2.25. The molecule has 0 aromatic carbocycles. The Labute approximate surface area is 78.4 Å². The van der Waals surface area contributed by atoms with E-state index in [2.05, 4.69) is 0 Å². The molecule has 1 aliphatic carbocycles. The van der Waals surface area contributed by atoms with Crippen molar-refractivity contribution in [3.63, 3.8) is 0 Å². The van der Waals surface area contributed by atoms with Gasteiger partial charge < -0.3 is 9.84 Å². The molecule has 0 aromatic heterocycles. The second-order valence-electron chi connectivity index (χ2n) is 3.37. The van der Waals surface area contributed by atoms with Crippen LogP contribution in [0.4, 0.5) is 0 Å². The number of allylic oxidation sites excluding steroid dienone is 1. The zero-order valence-electron chi connectivity index (χ0n) is 7.90. The molecule has 0 spiro atoms. The lowest BCUT2D eigenvalue weighted by molar-refractivity contribution is -0.145. The summed E-state index contributed by atoms with van der Waals surface area (Å²) in [6.07, 6.45) is 5.95. The molecule has 0 atom stereocenters. The highest BCUT2D eigenvalue weighted by molar-refractivity contribution is 5.81. The summed E-state index contributed by atoms with van der Waals surface area (Å²) in [5.41, 5.74) is 0. The summed E-state index contributed by atoms with van der Waals surface area (Å²) < 4.78 is 5.14. The number of aliphatic hydroxyl groups is 1. The van der Waals surface area contributed by atoms with Gasteiger partial charge in [0.25, 0.3) is 0 Å². The normalized spacial score (nSPS) is 29.1. The maximum absolute atomic E-state index is 11.0. The summed E-state index contributed by atoms with van der Waals surface area (Å²) in [4.78, 5) is 11.0. The van der Waals surface area contributed by atoms with E-state index in [0.717, 1.165) is 25.7 Å². The molecule has 1 aliphatic rings. The molecule has 1 N–H and O–H groups in total. The Morgan fingerprint density at radius 3 is 2.54 bits per heavy atom. The highest BCUT2D eigenvalue weighted by Crippen LogP contribution is 2.20. The molecular formula is C10H16O3. The lowest BCUT2D eigenvalue weighted by atomic mass is 9.95. The summed E-state index contributed by atoms with van der Waals surface area (Å²) in [5.74, 6) is -0.274. The second-order valence-corrected chi connectivity index (χ2v) is 3.37. The lowest BCUT2D eigenvalue weighted by Gasteiger charge is -2.24. The molecule has 1 fully saturated rings. The first-order valence-corrected chi connectivity index (χ1v) is 4.73. The van der Waals surface area contributed by atoms with Crippen LogP contribution < -0.4 is 0 Å². The maximum atomic E-state index is 11.0. The third-order valence-electron chi connectivity index (χ3n) is 2.23. The minimum atomic E-state index is -0.274. The first kappa shape index (κ1) is 10.3. The Morgan fingerprint density at radius 2 is 2.00 bits per heavy atom. The largest absolute Gasteiger partial charge is 0.459 e. The smallest absolute Gasteiger partial charge is 0.330 e. The third kappa shape index (κ3) is 3.59. The van der Waals surface area contributed by atoms with E-state index in [-0.39, 0.29) is 18.2 Å². The van der Waals surface area contributed by atoms with Crippen LogP contribution in [-0.2, 0) is 9.53 Å². The molecule has 1 saturated carbocycles. The summed E-state index contributed by atoms with van der Waals surface area (Å²) in [7, 11) is 0. The number of ether oxygens (including phenoxy) is 1. The van der Waals surface area contributed by atoms with Gasteiger partial charge in [0.2, 0.25) is 0 Å². The number of aliphatic hydroxyl groups excluding tert-OH is 1. The molecule has 0 heterocycles. The third-order valence-corrected chi connectivity index (χ3v) is 2.23. The number of rotatable bonds is 2. The van der Waals surface area contributed by atoms with Crippen molar-refractivity contribution in [1.29, 1.82) is 0 Å². The minimum Gasteiger partial charge on any atom is -0.459 e. The number of carbonyl (C=O) groups excluding carboxylic acids is 1. The first-order valence-electron chi connectivity index (χ1n) is 4.73. The fourth-order valence-electron chi connectivity index (χ4n) is 1.50. The standard InChI is InChI=1S/C10H16O3/c1-2-3-10(12)13-9-6-4-8(11)5-7-9/h2-3,8-9,11H,4-7H2,1H3. The van der Waals surface area contributed by atoms with E-state index in [1.165, 1.54) is 6.08 Å². The molecule has 3 nitrogen and oxygen atoms in total. The van der Waals surface area contributed by atoms with E-state index in [1.807, 2.05) is 0 Å². The molecule has 0 bridgehead atoms. The van der Waals surface area contributed by atoms with Crippen molar-refractivity contribution < 1.29 is 14.6 Å². The highest BCUT2D eigenvalue weighted by atomic mass is 16.5. The van der Waals surface area contributed by atoms with Gasteiger partial charge in [-0.15, -0.1) is 0 Å². The van der Waals surface area contributed by atoms with Crippen molar-refractivity contribution in [3.05, 3.63) is 12.2 Å². The molecule has 1 rings (SSSR count). The summed E-state index contributed by atoms with van der Waals surface area (Å²) in [5, 5.41) is 9.21. The predicted octanol–water partition coefficient (Wildman–Crippen LogP) is 1.41. The van der Waals surface area contributed by atoms with Crippen molar-refractivity contribution >= 4 is 5.97 Å².